The normalized spacial score (nSPS) is 22.2. The molecule has 0 bridgehead atoms. The highest BCUT2D eigenvalue weighted by Crippen LogP contribution is 2.58. The molecule has 31 heavy (non-hydrogen) atoms. The highest BCUT2D eigenvalue weighted by Gasteiger charge is 2.54. The number of aromatic nitrogens is 3. The summed E-state index contributed by atoms with van der Waals surface area (Å²) in [6.45, 7) is 7.13. The van der Waals surface area contributed by atoms with E-state index >= 15 is 0 Å². The molecule has 3 rings (SSSR count). The molecule has 9 nitrogen and oxygen atoms in total. The lowest BCUT2D eigenvalue weighted by Crippen LogP contribution is -2.31. The first-order chi connectivity index (χ1) is 15.2. The highest BCUT2D eigenvalue weighted by molar-refractivity contribution is 5.67. The summed E-state index contributed by atoms with van der Waals surface area (Å²) in [6.07, 6.45) is 7.18. The molecule has 176 valence electrons. The van der Waals surface area contributed by atoms with E-state index in [9.17, 15) is 4.79 Å². The number of alkyl carbamates (subject to hydrolysis) is 1. The zero-order valence-corrected chi connectivity index (χ0v) is 19.2. The van der Waals surface area contributed by atoms with Crippen molar-refractivity contribution in [2.24, 2.45) is 11.3 Å². The van der Waals surface area contributed by atoms with Crippen molar-refractivity contribution in [3.63, 3.8) is 0 Å². The summed E-state index contributed by atoms with van der Waals surface area (Å²) < 4.78 is 18.5. The summed E-state index contributed by atoms with van der Waals surface area (Å²) in [4.78, 5) is 12.1. The van der Waals surface area contributed by atoms with Crippen molar-refractivity contribution in [3.05, 3.63) is 11.4 Å². The van der Waals surface area contributed by atoms with Crippen LogP contribution in [0.25, 0.3) is 0 Å². The Labute approximate surface area is 185 Å². The van der Waals surface area contributed by atoms with Gasteiger partial charge in [-0.15, -0.1) is 5.10 Å². The maximum absolute atomic E-state index is 12.1. The molecule has 1 saturated carbocycles. The van der Waals surface area contributed by atoms with E-state index < -0.39 is 0 Å². The van der Waals surface area contributed by atoms with Crippen LogP contribution in [0.3, 0.4) is 0 Å². The minimum absolute atomic E-state index is 0.128. The molecule has 2 unspecified atom stereocenters. The minimum atomic E-state index is -0.359. The zero-order chi connectivity index (χ0) is 21.9. The molecule has 0 saturated heterocycles. The number of fused-ring (bicyclic) bond motifs is 2. The summed E-state index contributed by atoms with van der Waals surface area (Å²) in [6, 6.07) is 0. The van der Waals surface area contributed by atoms with Crippen molar-refractivity contribution < 1.29 is 19.0 Å². The first-order valence-corrected chi connectivity index (χ1v) is 11.8. The monoisotopic (exact) mass is 437 g/mol. The minimum Gasteiger partial charge on any atom is -0.449 e. The van der Waals surface area contributed by atoms with Gasteiger partial charge in [0.05, 0.1) is 44.4 Å². The number of ether oxygens (including phenoxy) is 3. The van der Waals surface area contributed by atoms with E-state index in [2.05, 4.69) is 32.6 Å². The number of carbonyl (C=O) groups excluding carboxylic acids is 1. The Bertz CT molecular complexity index is 683. The van der Waals surface area contributed by atoms with Gasteiger partial charge in [-0.1, -0.05) is 18.6 Å². The number of nitrogens with one attached hydrogen (secondary N) is 2. The van der Waals surface area contributed by atoms with Gasteiger partial charge in [-0.25, -0.2) is 9.48 Å². The molecular weight excluding hydrogens is 398 g/mol. The van der Waals surface area contributed by atoms with E-state index in [-0.39, 0.29) is 11.5 Å². The lowest BCUT2D eigenvalue weighted by atomic mass is 9.91. The van der Waals surface area contributed by atoms with Crippen molar-refractivity contribution in [2.45, 2.75) is 58.4 Å². The molecule has 2 aliphatic rings. The van der Waals surface area contributed by atoms with Crippen LogP contribution in [0.2, 0.25) is 0 Å². The molecule has 0 spiro atoms. The smallest absolute Gasteiger partial charge is 0.407 e. The SMILES string of the molecule is CCCCn1nnc2c1CCC1CC1(COC(=O)NCCOCCOCCNC)CC2. The number of rotatable bonds is 14. The molecule has 0 aromatic carbocycles. The van der Waals surface area contributed by atoms with Crippen molar-refractivity contribution in [1.29, 1.82) is 0 Å². The zero-order valence-electron chi connectivity index (χ0n) is 19.2. The molecule has 0 aliphatic heterocycles. The number of nitrogens with zero attached hydrogens (tertiary/aromatic N) is 3. The maximum atomic E-state index is 12.1. The summed E-state index contributed by atoms with van der Waals surface area (Å²) in [5, 5.41) is 14.6. The lowest BCUT2D eigenvalue weighted by molar-refractivity contribution is 0.0492. The number of unbranched alkanes of at least 4 members (excludes halogenated alkanes) is 1. The molecule has 1 amide bonds. The number of aryl methyl sites for hydroxylation is 2. The van der Waals surface area contributed by atoms with Gasteiger partial charge in [0.15, 0.2) is 0 Å². The van der Waals surface area contributed by atoms with Crippen LogP contribution >= 0.6 is 0 Å². The van der Waals surface area contributed by atoms with E-state index in [0.717, 1.165) is 63.7 Å². The Kier molecular flexibility index (Phi) is 9.54. The largest absolute Gasteiger partial charge is 0.449 e. The summed E-state index contributed by atoms with van der Waals surface area (Å²) in [5.74, 6) is 0.634. The van der Waals surface area contributed by atoms with Gasteiger partial charge >= 0.3 is 6.09 Å². The molecule has 0 radical (unpaired) electrons. The topological polar surface area (TPSA) is 99.5 Å². The average Bonchev–Trinajstić information content (AvgIpc) is 3.30. The van der Waals surface area contributed by atoms with Gasteiger partial charge in [-0.2, -0.15) is 0 Å². The highest BCUT2D eigenvalue weighted by atomic mass is 16.6. The van der Waals surface area contributed by atoms with E-state index in [1.165, 1.54) is 5.69 Å². The van der Waals surface area contributed by atoms with Gasteiger partial charge in [-0.3, -0.25) is 0 Å². The third kappa shape index (κ3) is 7.15. The molecule has 9 heteroatoms. The van der Waals surface area contributed by atoms with Crippen LogP contribution in [-0.4, -0.2) is 74.3 Å². The van der Waals surface area contributed by atoms with E-state index in [1.807, 2.05) is 7.05 Å². The second-order valence-corrected chi connectivity index (χ2v) is 8.69. The van der Waals surface area contributed by atoms with Crippen LogP contribution in [0, 0.1) is 11.3 Å². The maximum Gasteiger partial charge on any atom is 0.407 e. The third-order valence-electron chi connectivity index (χ3n) is 6.46. The number of likely N-dealkylation sites (N-methyl/N-ethyl adjacent to an activating group) is 1. The van der Waals surface area contributed by atoms with E-state index in [1.54, 1.807) is 0 Å². The van der Waals surface area contributed by atoms with Gasteiger partial charge in [0.25, 0.3) is 0 Å². The van der Waals surface area contributed by atoms with Gasteiger partial charge in [0, 0.05) is 25.0 Å². The Morgan fingerprint density at radius 1 is 1.19 bits per heavy atom. The van der Waals surface area contributed by atoms with Crippen molar-refractivity contribution in [3.8, 4) is 0 Å². The molecule has 1 heterocycles. The van der Waals surface area contributed by atoms with Gasteiger partial charge < -0.3 is 24.8 Å². The number of hydrogen-bond acceptors (Lipinski definition) is 7. The summed E-state index contributed by atoms with van der Waals surface area (Å²) >= 11 is 0. The Morgan fingerprint density at radius 2 is 2.00 bits per heavy atom. The van der Waals surface area contributed by atoms with Crippen molar-refractivity contribution in [1.82, 2.24) is 25.6 Å². The number of amides is 1. The summed E-state index contributed by atoms with van der Waals surface area (Å²) in [5.41, 5.74) is 2.58. The quantitative estimate of drug-likeness (QED) is 0.429. The fraction of sp³-hybridized carbons (Fsp3) is 0.864. The van der Waals surface area contributed by atoms with Crippen LogP contribution < -0.4 is 10.6 Å². The number of carbonyl (C=O) groups is 1. The summed E-state index contributed by atoms with van der Waals surface area (Å²) in [7, 11) is 1.89. The Hall–Kier alpha value is -1.71. The van der Waals surface area contributed by atoms with Crippen LogP contribution in [0.5, 0.6) is 0 Å². The number of hydrogen-bond donors (Lipinski definition) is 2. The predicted octanol–water partition coefficient (Wildman–Crippen LogP) is 1.94. The molecule has 1 aromatic heterocycles. The van der Waals surface area contributed by atoms with Gasteiger partial charge in [0.1, 0.15) is 0 Å². The van der Waals surface area contributed by atoms with Crippen molar-refractivity contribution >= 4 is 6.09 Å². The molecule has 1 aromatic rings. The molecule has 2 N–H and O–H groups in total. The first-order valence-electron chi connectivity index (χ1n) is 11.8. The van der Waals surface area contributed by atoms with Crippen LogP contribution in [0.4, 0.5) is 4.79 Å². The fourth-order valence-corrected chi connectivity index (χ4v) is 4.38. The Balaban J connectivity index is 1.31. The Morgan fingerprint density at radius 3 is 2.77 bits per heavy atom. The average molecular weight is 438 g/mol. The van der Waals surface area contributed by atoms with E-state index in [4.69, 9.17) is 14.2 Å². The second kappa shape index (κ2) is 12.4. The van der Waals surface area contributed by atoms with Crippen LogP contribution in [-0.2, 0) is 33.6 Å². The molecule has 1 fully saturated rings. The molecule has 2 aliphatic carbocycles. The van der Waals surface area contributed by atoms with Crippen LogP contribution in [0.1, 0.15) is 50.4 Å². The standard InChI is InChI=1S/C22H39N5O4/c1-3-4-11-27-20-6-5-18-16-22(18,8-7-19(20)25-26-27)17-31-21(28)24-10-13-30-15-14-29-12-9-23-2/h18,23H,3-17H2,1-2H3,(H,24,28). The van der Waals surface area contributed by atoms with Gasteiger partial charge in [-0.05, 0) is 51.5 Å². The van der Waals surface area contributed by atoms with Gasteiger partial charge in [0.2, 0.25) is 0 Å². The second-order valence-electron chi connectivity index (χ2n) is 8.69. The van der Waals surface area contributed by atoms with Crippen LogP contribution in [0.15, 0.2) is 0 Å². The fourth-order valence-electron chi connectivity index (χ4n) is 4.38. The van der Waals surface area contributed by atoms with Crippen molar-refractivity contribution in [2.75, 3.05) is 53.2 Å². The third-order valence-corrected chi connectivity index (χ3v) is 6.46. The lowest BCUT2D eigenvalue weighted by Gasteiger charge is -2.20. The predicted molar refractivity (Wildman–Crippen MR) is 117 cm³/mol. The molecule has 2 atom stereocenters. The van der Waals surface area contributed by atoms with E-state index in [0.29, 0.717) is 45.5 Å². The molecular formula is C22H39N5O4. The first kappa shape index (κ1) is 23.9.